The lowest BCUT2D eigenvalue weighted by Crippen LogP contribution is -2.32. The van der Waals surface area contributed by atoms with Crippen LogP contribution in [0.2, 0.25) is 0 Å². The number of hydrogen-bond donors (Lipinski definition) is 1. The summed E-state index contributed by atoms with van der Waals surface area (Å²) >= 11 is 1.23. The first-order valence-corrected chi connectivity index (χ1v) is 10.7. The quantitative estimate of drug-likeness (QED) is 0.490. The number of halogens is 1. The summed E-state index contributed by atoms with van der Waals surface area (Å²) in [5, 5.41) is 3.14. The Balaban J connectivity index is 1.71. The Morgan fingerprint density at radius 3 is 2.10 bits per heavy atom. The van der Waals surface area contributed by atoms with Crippen LogP contribution in [0.15, 0.2) is 94.4 Å². The second-order valence-electron chi connectivity index (χ2n) is 7.44. The van der Waals surface area contributed by atoms with Gasteiger partial charge in [-0.3, -0.25) is 9.59 Å². The molecule has 0 fully saturated rings. The minimum absolute atomic E-state index is 0.209. The van der Waals surface area contributed by atoms with Crippen molar-refractivity contribution in [1.29, 1.82) is 0 Å². The highest BCUT2D eigenvalue weighted by atomic mass is 32.2. The van der Waals surface area contributed by atoms with Crippen LogP contribution in [0.25, 0.3) is 0 Å². The Hall–Kier alpha value is -3.38. The molecule has 3 aromatic rings. The van der Waals surface area contributed by atoms with Gasteiger partial charge in [-0.25, -0.2) is 9.29 Å². The van der Waals surface area contributed by atoms with Gasteiger partial charge in [-0.1, -0.05) is 55.9 Å². The Labute approximate surface area is 184 Å². The molecule has 0 aliphatic carbocycles. The topological polar surface area (TPSA) is 49.4 Å². The van der Waals surface area contributed by atoms with Crippen LogP contribution in [0.5, 0.6) is 0 Å². The van der Waals surface area contributed by atoms with Crippen molar-refractivity contribution in [1.82, 2.24) is 0 Å². The highest BCUT2D eigenvalue weighted by Crippen LogP contribution is 2.37. The summed E-state index contributed by atoms with van der Waals surface area (Å²) in [6.45, 7) is 4.22. The van der Waals surface area contributed by atoms with Crippen LogP contribution in [-0.4, -0.2) is 11.8 Å². The highest BCUT2D eigenvalue weighted by Gasteiger charge is 2.40. The molecule has 4 nitrogen and oxygen atoms in total. The molecule has 156 valence electrons. The summed E-state index contributed by atoms with van der Waals surface area (Å²) in [6.07, 6.45) is 0. The highest BCUT2D eigenvalue weighted by molar-refractivity contribution is 8.04. The molecule has 3 aromatic carbocycles. The first kappa shape index (κ1) is 20.9. The van der Waals surface area contributed by atoms with Crippen LogP contribution in [0.1, 0.15) is 25.3 Å². The lowest BCUT2D eigenvalue weighted by Gasteiger charge is -2.15. The number of carbonyl (C=O) groups excluding carboxylic acids is 2. The SMILES string of the molecule is CC(C)c1ccc(NC2=C(Sc3ccccc3)C(=O)N(c3ccc(F)cc3)C2=O)cc1. The smallest absolute Gasteiger partial charge is 0.283 e. The molecule has 2 amide bonds. The van der Waals surface area contributed by atoms with Gasteiger partial charge in [0.05, 0.1) is 5.69 Å². The molecule has 1 aliphatic heterocycles. The van der Waals surface area contributed by atoms with Crippen molar-refractivity contribution < 1.29 is 14.0 Å². The van der Waals surface area contributed by atoms with E-state index in [4.69, 9.17) is 0 Å². The minimum atomic E-state index is -0.469. The second kappa shape index (κ2) is 8.78. The number of nitrogens with one attached hydrogen (secondary N) is 1. The summed E-state index contributed by atoms with van der Waals surface area (Å²) in [7, 11) is 0. The van der Waals surface area contributed by atoms with Crippen LogP contribution in [0.4, 0.5) is 15.8 Å². The summed E-state index contributed by atoms with van der Waals surface area (Å²) in [5.41, 5.74) is 2.43. The first-order chi connectivity index (χ1) is 14.9. The number of imide groups is 1. The van der Waals surface area contributed by atoms with Crippen molar-refractivity contribution in [3.63, 3.8) is 0 Å². The van der Waals surface area contributed by atoms with Crippen molar-refractivity contribution in [3.05, 3.63) is 101 Å². The van der Waals surface area contributed by atoms with Gasteiger partial charge in [0.15, 0.2) is 0 Å². The number of benzene rings is 3. The Morgan fingerprint density at radius 2 is 1.48 bits per heavy atom. The summed E-state index contributed by atoms with van der Waals surface area (Å²) < 4.78 is 13.4. The molecule has 0 radical (unpaired) electrons. The molecule has 0 saturated heterocycles. The molecule has 0 aromatic heterocycles. The lowest BCUT2D eigenvalue weighted by atomic mass is 10.0. The molecule has 0 atom stereocenters. The Morgan fingerprint density at radius 1 is 0.839 bits per heavy atom. The third kappa shape index (κ3) is 4.39. The van der Waals surface area contributed by atoms with Gasteiger partial charge in [0, 0.05) is 10.6 Å². The van der Waals surface area contributed by atoms with Crippen LogP contribution >= 0.6 is 11.8 Å². The van der Waals surface area contributed by atoms with E-state index in [2.05, 4.69) is 19.2 Å². The van der Waals surface area contributed by atoms with E-state index in [9.17, 15) is 14.0 Å². The van der Waals surface area contributed by atoms with Crippen LogP contribution < -0.4 is 10.2 Å². The normalized spacial score (nSPS) is 14.0. The van der Waals surface area contributed by atoms with Crippen LogP contribution in [0, 0.1) is 5.82 Å². The van der Waals surface area contributed by atoms with E-state index >= 15 is 0 Å². The molecule has 0 unspecified atom stereocenters. The lowest BCUT2D eigenvalue weighted by molar-refractivity contribution is -0.120. The molecule has 0 spiro atoms. The molecule has 31 heavy (non-hydrogen) atoms. The maximum atomic E-state index is 13.4. The molecule has 1 heterocycles. The van der Waals surface area contributed by atoms with E-state index in [0.717, 1.165) is 9.80 Å². The van der Waals surface area contributed by atoms with Crippen molar-refractivity contribution in [2.24, 2.45) is 0 Å². The summed E-state index contributed by atoms with van der Waals surface area (Å²) in [4.78, 5) is 28.7. The van der Waals surface area contributed by atoms with E-state index in [1.54, 1.807) is 0 Å². The van der Waals surface area contributed by atoms with E-state index in [0.29, 0.717) is 22.2 Å². The number of hydrogen-bond acceptors (Lipinski definition) is 4. The minimum Gasteiger partial charge on any atom is -0.350 e. The van der Waals surface area contributed by atoms with Gasteiger partial charge in [-0.2, -0.15) is 0 Å². The maximum Gasteiger partial charge on any atom is 0.283 e. The number of nitrogens with zero attached hydrogens (tertiary/aromatic N) is 1. The number of anilines is 2. The average molecular weight is 433 g/mol. The van der Waals surface area contributed by atoms with E-state index in [1.165, 1.54) is 41.6 Å². The van der Waals surface area contributed by atoms with Gasteiger partial charge in [0.2, 0.25) is 0 Å². The molecular weight excluding hydrogens is 411 g/mol. The summed E-state index contributed by atoms with van der Waals surface area (Å²) in [6, 6.07) is 22.5. The number of amides is 2. The molecule has 6 heteroatoms. The van der Waals surface area contributed by atoms with Gasteiger partial charge in [-0.15, -0.1) is 0 Å². The standard InChI is InChI=1S/C25H21FN2O2S/c1-16(2)17-8-12-19(13-9-17)27-22-23(31-21-6-4-3-5-7-21)25(30)28(24(22)29)20-14-10-18(26)11-15-20/h3-16,27H,1-2H3. The molecule has 1 N–H and O–H groups in total. The van der Waals surface area contributed by atoms with E-state index < -0.39 is 17.6 Å². The van der Waals surface area contributed by atoms with Gasteiger partial charge < -0.3 is 5.32 Å². The average Bonchev–Trinajstić information content (AvgIpc) is 2.99. The predicted octanol–water partition coefficient (Wildman–Crippen LogP) is 5.94. The van der Waals surface area contributed by atoms with Crippen LogP contribution in [-0.2, 0) is 9.59 Å². The van der Waals surface area contributed by atoms with E-state index in [1.807, 2.05) is 54.6 Å². The largest absolute Gasteiger partial charge is 0.350 e. The number of thioether (sulfide) groups is 1. The molecule has 4 rings (SSSR count). The molecule has 0 bridgehead atoms. The maximum absolute atomic E-state index is 13.4. The fourth-order valence-electron chi connectivity index (χ4n) is 3.24. The van der Waals surface area contributed by atoms with Crippen molar-refractivity contribution in [2.45, 2.75) is 24.7 Å². The van der Waals surface area contributed by atoms with Gasteiger partial charge in [0.25, 0.3) is 11.8 Å². The van der Waals surface area contributed by atoms with Crippen molar-refractivity contribution >= 4 is 35.0 Å². The van der Waals surface area contributed by atoms with Crippen molar-refractivity contribution in [3.8, 4) is 0 Å². The number of rotatable bonds is 6. The second-order valence-corrected chi connectivity index (χ2v) is 8.53. The molecule has 1 aliphatic rings. The van der Waals surface area contributed by atoms with Crippen molar-refractivity contribution in [2.75, 3.05) is 10.2 Å². The zero-order valence-electron chi connectivity index (χ0n) is 17.1. The third-order valence-electron chi connectivity index (χ3n) is 4.94. The first-order valence-electron chi connectivity index (χ1n) is 9.92. The zero-order valence-corrected chi connectivity index (χ0v) is 17.9. The van der Waals surface area contributed by atoms with Gasteiger partial charge in [-0.05, 0) is 60.0 Å². The fourth-order valence-corrected chi connectivity index (χ4v) is 4.19. The Kier molecular flexibility index (Phi) is 5.91. The van der Waals surface area contributed by atoms with Gasteiger partial charge >= 0.3 is 0 Å². The third-order valence-corrected chi connectivity index (χ3v) is 6.03. The molecular formula is C25H21FN2O2S. The summed E-state index contributed by atoms with van der Waals surface area (Å²) in [5.74, 6) is -0.950. The number of carbonyl (C=O) groups is 2. The fraction of sp³-hybridized carbons (Fsp3) is 0.120. The molecule has 0 saturated carbocycles. The monoisotopic (exact) mass is 432 g/mol. The van der Waals surface area contributed by atoms with Crippen LogP contribution in [0.3, 0.4) is 0 Å². The van der Waals surface area contributed by atoms with E-state index in [-0.39, 0.29) is 5.70 Å². The Bertz CT molecular complexity index is 1140. The zero-order chi connectivity index (χ0) is 22.0. The van der Waals surface area contributed by atoms with Gasteiger partial charge in [0.1, 0.15) is 16.4 Å². The predicted molar refractivity (Wildman–Crippen MR) is 122 cm³/mol.